The molecule has 106 valence electrons. The third-order valence-corrected chi connectivity index (χ3v) is 4.65. The van der Waals surface area contributed by atoms with Crippen LogP contribution in [0.15, 0.2) is 11.4 Å². The molecule has 0 bridgehead atoms. The molecule has 3 unspecified atom stereocenters. The number of hydrogen-bond acceptors (Lipinski definition) is 4. The van der Waals surface area contributed by atoms with E-state index in [1.165, 1.54) is 10.4 Å². The van der Waals surface area contributed by atoms with E-state index in [2.05, 4.69) is 23.7 Å². The Balaban J connectivity index is 1.70. The minimum atomic E-state index is -0.500. The van der Waals surface area contributed by atoms with Crippen LogP contribution in [0.2, 0.25) is 0 Å². The van der Waals surface area contributed by atoms with Crippen LogP contribution >= 0.6 is 11.3 Å². The zero-order valence-corrected chi connectivity index (χ0v) is 12.2. The molecule has 5 heteroatoms. The van der Waals surface area contributed by atoms with Crippen LogP contribution in [0.5, 0.6) is 0 Å². The topological polar surface area (TPSA) is 58.6 Å². The number of hydrogen-bond donors (Lipinski definition) is 2. The molecule has 4 nitrogen and oxygen atoms in total. The Morgan fingerprint density at radius 1 is 1.68 bits per heavy atom. The first kappa shape index (κ1) is 14.5. The van der Waals surface area contributed by atoms with Crippen molar-refractivity contribution in [2.45, 2.75) is 31.8 Å². The molecule has 1 fully saturated rings. The quantitative estimate of drug-likeness (QED) is 0.800. The molecule has 1 heterocycles. The number of aliphatic hydroxyl groups excluding tert-OH is 1. The van der Waals surface area contributed by atoms with Crippen molar-refractivity contribution in [3.05, 3.63) is 21.9 Å². The van der Waals surface area contributed by atoms with E-state index in [-0.39, 0.29) is 11.8 Å². The van der Waals surface area contributed by atoms with Crippen molar-refractivity contribution in [1.82, 2.24) is 5.32 Å². The van der Waals surface area contributed by atoms with Gasteiger partial charge in [0.05, 0.1) is 12.7 Å². The number of methoxy groups -OCH3 is 1. The van der Waals surface area contributed by atoms with Gasteiger partial charge in [-0.2, -0.15) is 0 Å². The second-order valence-electron chi connectivity index (χ2n) is 5.11. The summed E-state index contributed by atoms with van der Waals surface area (Å²) < 4.78 is 4.84. The largest absolute Gasteiger partial charge is 0.391 e. The van der Waals surface area contributed by atoms with Gasteiger partial charge in [0, 0.05) is 30.4 Å². The van der Waals surface area contributed by atoms with Gasteiger partial charge in [-0.1, -0.05) is 0 Å². The standard InChI is InChI=1S/C14H21NO3S/c1-9-4-6-19-13(9)11-7-12(11)14(17)15-5-3-10(16)8-18-2/h4,6,10-12,16H,3,5,7-8H2,1-2H3,(H,15,17). The summed E-state index contributed by atoms with van der Waals surface area (Å²) in [7, 11) is 1.56. The fourth-order valence-electron chi connectivity index (χ4n) is 2.31. The molecular weight excluding hydrogens is 262 g/mol. The molecule has 0 spiro atoms. The van der Waals surface area contributed by atoms with E-state index in [1.54, 1.807) is 18.4 Å². The summed E-state index contributed by atoms with van der Waals surface area (Å²) in [6.07, 6.45) is 0.989. The van der Waals surface area contributed by atoms with Crippen LogP contribution in [0.4, 0.5) is 0 Å². The molecule has 1 aromatic rings. The molecule has 0 aliphatic heterocycles. The molecule has 1 saturated carbocycles. The van der Waals surface area contributed by atoms with E-state index < -0.39 is 6.10 Å². The third kappa shape index (κ3) is 3.78. The highest BCUT2D eigenvalue weighted by molar-refractivity contribution is 7.10. The molecule has 0 aromatic carbocycles. The molecule has 3 atom stereocenters. The summed E-state index contributed by atoms with van der Waals surface area (Å²) in [5.74, 6) is 0.642. The van der Waals surface area contributed by atoms with Gasteiger partial charge >= 0.3 is 0 Å². The van der Waals surface area contributed by atoms with Crippen molar-refractivity contribution < 1.29 is 14.6 Å². The molecule has 2 rings (SSSR count). The first-order valence-corrected chi connectivity index (χ1v) is 7.50. The fourth-order valence-corrected chi connectivity index (χ4v) is 3.42. The van der Waals surface area contributed by atoms with Gasteiger partial charge in [-0.3, -0.25) is 4.79 Å². The van der Waals surface area contributed by atoms with Gasteiger partial charge in [0.2, 0.25) is 5.91 Å². The lowest BCUT2D eigenvalue weighted by molar-refractivity contribution is -0.122. The van der Waals surface area contributed by atoms with E-state index in [9.17, 15) is 9.90 Å². The van der Waals surface area contributed by atoms with Crippen molar-refractivity contribution in [3.63, 3.8) is 0 Å². The second kappa shape index (κ2) is 6.50. The lowest BCUT2D eigenvalue weighted by atomic mass is 10.2. The van der Waals surface area contributed by atoms with Gasteiger partial charge in [-0.15, -0.1) is 11.3 Å². The fraction of sp³-hybridized carbons (Fsp3) is 0.643. The van der Waals surface area contributed by atoms with Crippen molar-refractivity contribution in [2.75, 3.05) is 20.3 Å². The van der Waals surface area contributed by atoms with Crippen LogP contribution in [-0.2, 0) is 9.53 Å². The molecular formula is C14H21NO3S. The zero-order chi connectivity index (χ0) is 13.8. The van der Waals surface area contributed by atoms with Crippen molar-refractivity contribution >= 4 is 17.2 Å². The van der Waals surface area contributed by atoms with E-state index in [4.69, 9.17) is 4.74 Å². The summed E-state index contributed by atoms with van der Waals surface area (Å²) >= 11 is 1.74. The van der Waals surface area contributed by atoms with Crippen molar-refractivity contribution in [1.29, 1.82) is 0 Å². The van der Waals surface area contributed by atoms with Crippen LogP contribution in [0.3, 0.4) is 0 Å². The minimum absolute atomic E-state index is 0.113. The number of carbonyl (C=O) groups is 1. The predicted molar refractivity (Wildman–Crippen MR) is 75.4 cm³/mol. The number of thiophene rings is 1. The van der Waals surface area contributed by atoms with E-state index in [0.717, 1.165) is 6.42 Å². The Labute approximate surface area is 117 Å². The zero-order valence-electron chi connectivity index (χ0n) is 11.4. The van der Waals surface area contributed by atoms with Crippen LogP contribution in [-0.4, -0.2) is 37.4 Å². The lowest BCUT2D eigenvalue weighted by Gasteiger charge is -2.10. The molecule has 19 heavy (non-hydrogen) atoms. The van der Waals surface area contributed by atoms with Gasteiger partial charge in [-0.25, -0.2) is 0 Å². The third-order valence-electron chi connectivity index (χ3n) is 3.50. The van der Waals surface area contributed by atoms with Crippen LogP contribution in [0.25, 0.3) is 0 Å². The number of ether oxygens (including phenoxy) is 1. The summed E-state index contributed by atoms with van der Waals surface area (Å²) in [6, 6.07) is 2.11. The first-order chi connectivity index (χ1) is 9.13. The van der Waals surface area contributed by atoms with Crippen LogP contribution < -0.4 is 5.32 Å². The molecule has 0 radical (unpaired) electrons. The number of aryl methyl sites for hydroxylation is 1. The Kier molecular flexibility index (Phi) is 4.96. The average Bonchev–Trinajstić information content (AvgIpc) is 3.05. The SMILES string of the molecule is COCC(O)CCNC(=O)C1CC1c1sccc1C. The highest BCUT2D eigenvalue weighted by Gasteiger charge is 2.45. The number of amides is 1. The minimum Gasteiger partial charge on any atom is -0.391 e. The van der Waals surface area contributed by atoms with Gasteiger partial charge in [0.15, 0.2) is 0 Å². The predicted octanol–water partition coefficient (Wildman–Crippen LogP) is 1.67. The number of aliphatic hydroxyl groups is 1. The van der Waals surface area contributed by atoms with Gasteiger partial charge < -0.3 is 15.2 Å². The highest BCUT2D eigenvalue weighted by Crippen LogP contribution is 2.50. The summed E-state index contributed by atoms with van der Waals surface area (Å²) in [5.41, 5.74) is 1.29. The summed E-state index contributed by atoms with van der Waals surface area (Å²) in [6.45, 7) is 2.92. The average molecular weight is 283 g/mol. The van der Waals surface area contributed by atoms with Crippen molar-refractivity contribution in [2.24, 2.45) is 5.92 Å². The molecule has 1 aliphatic carbocycles. The number of rotatable bonds is 7. The van der Waals surface area contributed by atoms with E-state index in [1.807, 2.05) is 0 Å². The Bertz CT molecular complexity index is 432. The maximum absolute atomic E-state index is 11.9. The molecule has 0 saturated heterocycles. The number of carbonyl (C=O) groups excluding carboxylic acids is 1. The van der Waals surface area contributed by atoms with Crippen LogP contribution in [0.1, 0.15) is 29.2 Å². The van der Waals surface area contributed by atoms with Gasteiger partial charge in [0.1, 0.15) is 0 Å². The van der Waals surface area contributed by atoms with E-state index >= 15 is 0 Å². The van der Waals surface area contributed by atoms with Crippen molar-refractivity contribution in [3.8, 4) is 0 Å². The smallest absolute Gasteiger partial charge is 0.223 e. The maximum atomic E-state index is 11.9. The molecule has 2 N–H and O–H groups in total. The Hall–Kier alpha value is -0.910. The normalized spacial score (nSPS) is 23.1. The lowest BCUT2D eigenvalue weighted by Crippen LogP contribution is -2.29. The molecule has 1 aromatic heterocycles. The van der Waals surface area contributed by atoms with E-state index in [0.29, 0.717) is 25.5 Å². The highest BCUT2D eigenvalue weighted by atomic mass is 32.1. The number of nitrogens with one attached hydrogen (secondary N) is 1. The second-order valence-corrected chi connectivity index (χ2v) is 6.05. The van der Waals surface area contributed by atoms with Crippen LogP contribution in [0, 0.1) is 12.8 Å². The monoisotopic (exact) mass is 283 g/mol. The summed E-state index contributed by atoms with van der Waals surface area (Å²) in [5, 5.41) is 14.5. The van der Waals surface area contributed by atoms with Gasteiger partial charge in [0.25, 0.3) is 0 Å². The Morgan fingerprint density at radius 3 is 3.11 bits per heavy atom. The molecule has 1 aliphatic rings. The Morgan fingerprint density at radius 2 is 2.47 bits per heavy atom. The first-order valence-electron chi connectivity index (χ1n) is 6.62. The maximum Gasteiger partial charge on any atom is 0.223 e. The summed E-state index contributed by atoms with van der Waals surface area (Å²) in [4.78, 5) is 13.3. The van der Waals surface area contributed by atoms with Gasteiger partial charge in [-0.05, 0) is 36.8 Å². The molecule has 1 amide bonds.